The van der Waals surface area contributed by atoms with E-state index in [1.165, 1.54) is 128 Å². The number of carbonyl (C=O) groups is 2. The van der Waals surface area contributed by atoms with Crippen molar-refractivity contribution >= 4 is 19.8 Å². The van der Waals surface area contributed by atoms with E-state index in [1.54, 1.807) is 0 Å². The fourth-order valence-electron chi connectivity index (χ4n) is 7.68. The van der Waals surface area contributed by atoms with Crippen LogP contribution in [0.25, 0.3) is 0 Å². The quantitative estimate of drug-likeness (QED) is 0.0264. The molecule has 398 valence electrons. The van der Waals surface area contributed by atoms with Gasteiger partial charge in [0.05, 0.1) is 13.2 Å². The molecule has 0 saturated carbocycles. The van der Waals surface area contributed by atoms with Gasteiger partial charge in [0, 0.05) is 19.4 Å². The fraction of sp³-hybridized carbons (Fsp3) is 0.729. The van der Waals surface area contributed by atoms with E-state index in [2.05, 4.69) is 98.9 Å². The predicted octanol–water partition coefficient (Wildman–Crippen LogP) is 17.5. The van der Waals surface area contributed by atoms with Crippen LogP contribution in [0.2, 0.25) is 0 Å². The average molecular weight is 986 g/mol. The van der Waals surface area contributed by atoms with Crippen LogP contribution in [-0.2, 0) is 32.7 Å². The lowest BCUT2D eigenvalue weighted by molar-refractivity contribution is -0.161. The fourth-order valence-corrected chi connectivity index (χ4v) is 8.44. The van der Waals surface area contributed by atoms with Crippen LogP contribution in [0.15, 0.2) is 85.1 Å². The number of phosphoric ester groups is 1. The highest BCUT2D eigenvalue weighted by molar-refractivity contribution is 7.47. The van der Waals surface area contributed by atoms with E-state index in [1.807, 2.05) is 0 Å². The second-order valence-electron chi connectivity index (χ2n) is 18.4. The summed E-state index contributed by atoms with van der Waals surface area (Å²) < 4.78 is 32.9. The van der Waals surface area contributed by atoms with Crippen molar-refractivity contribution in [2.75, 3.05) is 26.4 Å². The van der Waals surface area contributed by atoms with Gasteiger partial charge in [0.15, 0.2) is 6.10 Å². The molecule has 0 spiro atoms. The van der Waals surface area contributed by atoms with E-state index in [4.69, 9.17) is 24.3 Å². The number of phosphoric acid groups is 1. The molecule has 0 aromatic carbocycles. The Balaban J connectivity index is 3.86. The van der Waals surface area contributed by atoms with Crippen molar-refractivity contribution in [1.29, 1.82) is 0 Å². The van der Waals surface area contributed by atoms with Crippen LogP contribution < -0.4 is 5.73 Å². The van der Waals surface area contributed by atoms with Gasteiger partial charge in [-0.25, -0.2) is 4.57 Å². The summed E-state index contributed by atoms with van der Waals surface area (Å²) in [4.78, 5) is 35.0. The minimum absolute atomic E-state index is 0.0526. The molecule has 0 aromatic rings. The van der Waals surface area contributed by atoms with Gasteiger partial charge in [0.25, 0.3) is 0 Å². The number of carbonyl (C=O) groups excluding carboxylic acids is 2. The first-order chi connectivity index (χ1) is 33.8. The Hall–Kier alpha value is -2.81. The van der Waals surface area contributed by atoms with Gasteiger partial charge in [0.1, 0.15) is 6.61 Å². The molecule has 0 aliphatic carbocycles. The van der Waals surface area contributed by atoms with Gasteiger partial charge in [-0.15, -0.1) is 0 Å². The molecule has 69 heavy (non-hydrogen) atoms. The van der Waals surface area contributed by atoms with Crippen molar-refractivity contribution in [3.8, 4) is 0 Å². The topological polar surface area (TPSA) is 134 Å². The van der Waals surface area contributed by atoms with Gasteiger partial charge >= 0.3 is 19.8 Å². The summed E-state index contributed by atoms with van der Waals surface area (Å²) in [7, 11) is -4.38. The Morgan fingerprint density at radius 3 is 1.19 bits per heavy atom. The molecule has 0 aliphatic rings. The zero-order valence-electron chi connectivity index (χ0n) is 44.3. The minimum atomic E-state index is -4.38. The molecule has 2 atom stereocenters. The van der Waals surface area contributed by atoms with Crippen molar-refractivity contribution in [2.24, 2.45) is 5.73 Å². The number of ether oxygens (including phenoxy) is 2. The molecule has 0 radical (unpaired) electrons. The lowest BCUT2D eigenvalue weighted by Gasteiger charge is -2.19. The Morgan fingerprint density at radius 1 is 0.449 bits per heavy atom. The van der Waals surface area contributed by atoms with Crippen LogP contribution in [-0.4, -0.2) is 49.3 Å². The van der Waals surface area contributed by atoms with Crippen molar-refractivity contribution in [2.45, 2.75) is 251 Å². The molecule has 0 amide bonds. The van der Waals surface area contributed by atoms with E-state index in [-0.39, 0.29) is 38.6 Å². The molecule has 0 saturated heterocycles. The monoisotopic (exact) mass is 986 g/mol. The summed E-state index contributed by atoms with van der Waals surface area (Å²) in [5, 5.41) is 0. The molecular formula is C59H104NO8P. The number of nitrogens with two attached hydrogens (primary N) is 1. The lowest BCUT2D eigenvalue weighted by Crippen LogP contribution is -2.29. The standard InChI is InChI=1S/C59H104NO8P/c1-3-5-7-9-11-13-15-16-17-18-19-20-21-22-23-24-25-26-27-28-29-30-31-32-33-34-35-36-37-38-39-40-42-44-46-48-50-52-59(62)68-57(56-67-69(63,64)66-54-53-60)55-65-58(61)51-49-47-45-43-41-14-12-10-8-6-4-2/h5,7,11,13,16-17,19-20,22-23,25-26,28-29,57H,3-4,6,8-10,12,14-15,18,21,24,27,30-56,60H2,1-2H3,(H,63,64)/b7-5-,13-11-,17-16-,20-19-,23-22-,26-25-,29-28-. The molecule has 9 nitrogen and oxygen atoms in total. The molecule has 0 rings (SSSR count). The minimum Gasteiger partial charge on any atom is -0.462 e. The first-order valence-corrected chi connectivity index (χ1v) is 29.6. The lowest BCUT2D eigenvalue weighted by atomic mass is 10.0. The van der Waals surface area contributed by atoms with Gasteiger partial charge in [-0.1, -0.05) is 247 Å². The van der Waals surface area contributed by atoms with E-state index >= 15 is 0 Å². The smallest absolute Gasteiger partial charge is 0.462 e. The van der Waals surface area contributed by atoms with Gasteiger partial charge in [0.2, 0.25) is 0 Å². The van der Waals surface area contributed by atoms with Crippen LogP contribution in [0, 0.1) is 0 Å². The molecule has 0 aliphatic heterocycles. The third-order valence-electron chi connectivity index (χ3n) is 11.8. The van der Waals surface area contributed by atoms with Crippen LogP contribution in [0.1, 0.15) is 245 Å². The molecule has 2 unspecified atom stereocenters. The maximum Gasteiger partial charge on any atom is 0.472 e. The van der Waals surface area contributed by atoms with Gasteiger partial charge in [-0.05, 0) is 70.6 Å². The molecule has 10 heteroatoms. The number of unbranched alkanes of at least 4 members (excludes halogenated alkanes) is 25. The third-order valence-corrected chi connectivity index (χ3v) is 12.8. The normalized spacial score (nSPS) is 13.7. The number of esters is 2. The average Bonchev–Trinajstić information content (AvgIpc) is 3.34. The highest BCUT2D eigenvalue weighted by atomic mass is 31.2. The van der Waals surface area contributed by atoms with Crippen LogP contribution in [0.5, 0.6) is 0 Å². The zero-order chi connectivity index (χ0) is 50.2. The maximum atomic E-state index is 12.7. The zero-order valence-corrected chi connectivity index (χ0v) is 45.2. The summed E-state index contributed by atoms with van der Waals surface area (Å²) in [6.45, 7) is 3.62. The largest absolute Gasteiger partial charge is 0.472 e. The Labute approximate surface area is 424 Å². The summed E-state index contributed by atoms with van der Waals surface area (Å²) in [6.07, 6.45) is 70.8. The van der Waals surface area contributed by atoms with Crippen LogP contribution in [0.3, 0.4) is 0 Å². The van der Waals surface area contributed by atoms with Crippen LogP contribution >= 0.6 is 7.82 Å². The molecule has 3 N–H and O–H groups in total. The number of rotatable bonds is 52. The summed E-state index contributed by atoms with van der Waals surface area (Å²) in [5.41, 5.74) is 5.36. The van der Waals surface area contributed by atoms with Gasteiger partial charge in [-0.2, -0.15) is 0 Å². The predicted molar refractivity (Wildman–Crippen MR) is 293 cm³/mol. The van der Waals surface area contributed by atoms with Crippen LogP contribution in [0.4, 0.5) is 0 Å². The third kappa shape index (κ3) is 54.4. The van der Waals surface area contributed by atoms with Crippen molar-refractivity contribution in [1.82, 2.24) is 0 Å². The van der Waals surface area contributed by atoms with E-state index in [9.17, 15) is 19.0 Å². The van der Waals surface area contributed by atoms with E-state index in [0.717, 1.165) is 83.5 Å². The van der Waals surface area contributed by atoms with Crippen molar-refractivity contribution in [3.63, 3.8) is 0 Å². The Morgan fingerprint density at radius 2 is 0.797 bits per heavy atom. The molecule has 0 aromatic heterocycles. The Bertz CT molecular complexity index is 1400. The van der Waals surface area contributed by atoms with Crippen molar-refractivity contribution in [3.05, 3.63) is 85.1 Å². The first-order valence-electron chi connectivity index (χ1n) is 28.1. The number of allylic oxidation sites excluding steroid dienone is 14. The van der Waals surface area contributed by atoms with Gasteiger partial charge in [-0.3, -0.25) is 18.6 Å². The van der Waals surface area contributed by atoms with E-state index in [0.29, 0.717) is 6.42 Å². The van der Waals surface area contributed by atoms with Crippen molar-refractivity contribution < 1.29 is 37.6 Å². The second-order valence-corrected chi connectivity index (χ2v) is 19.9. The summed E-state index contributed by atoms with van der Waals surface area (Å²) >= 11 is 0. The molecule has 0 bridgehead atoms. The highest BCUT2D eigenvalue weighted by Crippen LogP contribution is 2.43. The number of hydrogen-bond acceptors (Lipinski definition) is 8. The second kappa shape index (κ2) is 54.5. The summed E-state index contributed by atoms with van der Waals surface area (Å²) in [5.74, 6) is -0.825. The van der Waals surface area contributed by atoms with E-state index < -0.39 is 26.5 Å². The molecular weight excluding hydrogens is 882 g/mol. The molecule has 0 fully saturated rings. The van der Waals surface area contributed by atoms with Gasteiger partial charge < -0.3 is 20.1 Å². The number of hydrogen-bond donors (Lipinski definition) is 2. The highest BCUT2D eigenvalue weighted by Gasteiger charge is 2.26. The molecule has 0 heterocycles. The SMILES string of the molecule is CC/C=C\C/C=C\C/C=C\C/C=C\C/C=C\C/C=C\C/C=C\CCCCCCCCCCCCCCCCCC(=O)OC(COC(=O)CCCCCCCCCCCCC)COP(=O)(O)OCCN. The Kier molecular flexibility index (Phi) is 52.3. The first kappa shape index (κ1) is 66.2. The summed E-state index contributed by atoms with van der Waals surface area (Å²) in [6, 6.07) is 0. The maximum absolute atomic E-state index is 12.7.